The van der Waals surface area contributed by atoms with Crippen LogP contribution in [-0.4, -0.2) is 76.3 Å². The predicted octanol–water partition coefficient (Wildman–Crippen LogP) is 2.71. The first kappa shape index (κ1) is 30.8. The third kappa shape index (κ3) is 6.19. The molecule has 15 heteroatoms. The van der Waals surface area contributed by atoms with Crippen LogP contribution in [0.4, 0.5) is 5.69 Å². The Morgan fingerprint density at radius 3 is 2.41 bits per heavy atom. The molecule has 2 aliphatic heterocycles. The van der Waals surface area contributed by atoms with E-state index >= 15 is 0 Å². The lowest BCUT2D eigenvalue weighted by Gasteiger charge is -2.30. The summed E-state index contributed by atoms with van der Waals surface area (Å²) in [5.74, 6) is -4.65. The van der Waals surface area contributed by atoms with Gasteiger partial charge >= 0.3 is 16.8 Å². The number of carboxylic acids is 1. The molecule has 1 aromatic heterocycles. The standard InChI is InChI=1S/C29H27N3O10S2/c1-3-40-18-11-15(7-10-17(18)42-13-19(33)30-16-8-5-14(6-9-16)28(38)41-4-2)21-22-24(43-25-23(21)44-29(39)31-25)27(37)32(26(22)36)12-20(34)35/h5-11,21-22,24H,3-4,12-13H2,1-2H3,(H,30,33)(H,31,39)(H,34,35)/t21-,22?,24?/m0/s1. The average Bonchev–Trinajstić information content (AvgIpc) is 3.47. The fourth-order valence-electron chi connectivity index (χ4n) is 5.07. The summed E-state index contributed by atoms with van der Waals surface area (Å²) in [5, 5.41) is 11.5. The van der Waals surface area contributed by atoms with Gasteiger partial charge < -0.3 is 29.6 Å². The second kappa shape index (κ2) is 12.9. The number of thioether (sulfide) groups is 1. The molecular formula is C29H27N3O10S2. The van der Waals surface area contributed by atoms with Gasteiger partial charge in [0.1, 0.15) is 11.8 Å². The van der Waals surface area contributed by atoms with E-state index in [0.717, 1.165) is 28.0 Å². The van der Waals surface area contributed by atoms with E-state index in [9.17, 15) is 33.9 Å². The summed E-state index contributed by atoms with van der Waals surface area (Å²) in [6.45, 7) is 2.84. The van der Waals surface area contributed by atoms with Crippen molar-refractivity contribution in [3.8, 4) is 11.5 Å². The number of H-pyrrole nitrogens is 1. The van der Waals surface area contributed by atoms with E-state index < -0.39 is 53.3 Å². The molecule has 3 aromatic rings. The van der Waals surface area contributed by atoms with Crippen LogP contribution in [0.25, 0.3) is 0 Å². The van der Waals surface area contributed by atoms with Crippen molar-refractivity contribution in [3.63, 3.8) is 0 Å². The zero-order chi connectivity index (χ0) is 31.5. The number of carbonyl (C=O) groups is 5. The molecule has 0 spiro atoms. The third-order valence-electron chi connectivity index (χ3n) is 6.87. The monoisotopic (exact) mass is 641 g/mol. The molecule has 44 heavy (non-hydrogen) atoms. The van der Waals surface area contributed by atoms with Crippen molar-refractivity contribution in [1.29, 1.82) is 0 Å². The second-order valence-electron chi connectivity index (χ2n) is 9.68. The van der Waals surface area contributed by atoms with Crippen molar-refractivity contribution in [2.24, 2.45) is 5.92 Å². The molecule has 2 unspecified atom stereocenters. The molecule has 0 saturated carbocycles. The van der Waals surface area contributed by atoms with Crippen molar-refractivity contribution in [2.45, 2.75) is 30.0 Å². The Morgan fingerprint density at radius 1 is 0.977 bits per heavy atom. The number of benzene rings is 2. The van der Waals surface area contributed by atoms with E-state index in [2.05, 4.69) is 10.3 Å². The van der Waals surface area contributed by atoms with E-state index in [1.807, 2.05) is 0 Å². The Bertz CT molecular complexity index is 1680. The summed E-state index contributed by atoms with van der Waals surface area (Å²) in [5.41, 5.74) is 1.35. The lowest BCUT2D eigenvalue weighted by atomic mass is 9.83. The number of nitrogens with one attached hydrogen (secondary N) is 2. The number of likely N-dealkylation sites (tertiary alicyclic amines) is 1. The molecule has 5 rings (SSSR count). The van der Waals surface area contributed by atoms with Gasteiger partial charge in [-0.2, -0.15) is 0 Å². The molecule has 2 aromatic carbocycles. The molecule has 0 radical (unpaired) electrons. The fourth-order valence-corrected chi connectivity index (χ4v) is 7.61. The topological polar surface area (TPSA) is 181 Å². The number of aromatic amines is 1. The van der Waals surface area contributed by atoms with E-state index in [4.69, 9.17) is 14.2 Å². The maximum atomic E-state index is 13.4. The molecule has 3 N–H and O–H groups in total. The molecule has 3 heterocycles. The van der Waals surface area contributed by atoms with Crippen molar-refractivity contribution >= 4 is 58.4 Å². The number of amides is 3. The van der Waals surface area contributed by atoms with Crippen LogP contribution in [0.5, 0.6) is 11.5 Å². The summed E-state index contributed by atoms with van der Waals surface area (Å²) in [6, 6.07) is 11.1. The quantitative estimate of drug-likeness (QED) is 0.207. The minimum Gasteiger partial charge on any atom is -0.490 e. The third-order valence-corrected chi connectivity index (χ3v) is 9.27. The zero-order valence-corrected chi connectivity index (χ0v) is 25.1. The Balaban J connectivity index is 1.36. The summed E-state index contributed by atoms with van der Waals surface area (Å²) >= 11 is 1.97. The van der Waals surface area contributed by atoms with E-state index in [-0.39, 0.29) is 36.2 Å². The molecule has 3 amide bonds. The highest BCUT2D eigenvalue weighted by Gasteiger charge is 2.56. The summed E-state index contributed by atoms with van der Waals surface area (Å²) in [4.78, 5) is 78.3. The van der Waals surface area contributed by atoms with Crippen LogP contribution in [0.15, 0.2) is 52.3 Å². The molecule has 13 nitrogen and oxygen atoms in total. The number of imide groups is 1. The average molecular weight is 642 g/mol. The number of esters is 1. The molecule has 1 fully saturated rings. The van der Waals surface area contributed by atoms with Crippen LogP contribution in [-0.2, 0) is 23.9 Å². The minimum atomic E-state index is -1.31. The lowest BCUT2D eigenvalue weighted by molar-refractivity contribution is -0.149. The number of hydrogen-bond acceptors (Lipinski definition) is 11. The highest BCUT2D eigenvalue weighted by Crippen LogP contribution is 2.53. The van der Waals surface area contributed by atoms with Crippen LogP contribution >= 0.6 is 23.1 Å². The van der Waals surface area contributed by atoms with Crippen LogP contribution in [0.3, 0.4) is 0 Å². The van der Waals surface area contributed by atoms with Gasteiger partial charge in [0.2, 0.25) is 11.8 Å². The molecule has 230 valence electrons. The number of carboxylic acid groups (broad SMARTS) is 1. The van der Waals surface area contributed by atoms with E-state index in [1.54, 1.807) is 44.2 Å². The first-order valence-electron chi connectivity index (χ1n) is 13.5. The maximum absolute atomic E-state index is 13.4. The number of aromatic nitrogens is 1. The predicted molar refractivity (Wildman–Crippen MR) is 158 cm³/mol. The summed E-state index contributed by atoms with van der Waals surface area (Å²) < 4.78 is 16.5. The first-order valence-corrected chi connectivity index (χ1v) is 15.2. The Hall–Kier alpha value is -4.63. The zero-order valence-electron chi connectivity index (χ0n) is 23.5. The smallest absolute Gasteiger partial charge is 0.338 e. The van der Waals surface area contributed by atoms with Crippen LogP contribution in [0, 0.1) is 5.92 Å². The second-order valence-corrected chi connectivity index (χ2v) is 11.8. The van der Waals surface area contributed by atoms with E-state index in [0.29, 0.717) is 26.7 Å². The largest absolute Gasteiger partial charge is 0.490 e. The molecule has 3 atom stereocenters. The van der Waals surface area contributed by atoms with Crippen molar-refractivity contribution in [3.05, 3.63) is 68.1 Å². The van der Waals surface area contributed by atoms with E-state index in [1.165, 1.54) is 12.1 Å². The number of anilines is 1. The van der Waals surface area contributed by atoms with Gasteiger partial charge in [-0.05, 0) is 55.8 Å². The van der Waals surface area contributed by atoms with Gasteiger partial charge in [-0.25, -0.2) is 4.79 Å². The van der Waals surface area contributed by atoms with Gasteiger partial charge in [-0.3, -0.25) is 28.9 Å². The van der Waals surface area contributed by atoms with Gasteiger partial charge in [0.15, 0.2) is 18.1 Å². The number of thiazole rings is 1. The molecule has 0 bridgehead atoms. The van der Waals surface area contributed by atoms with Gasteiger partial charge in [0.25, 0.3) is 5.91 Å². The van der Waals surface area contributed by atoms with Crippen molar-refractivity contribution in [2.75, 3.05) is 31.7 Å². The molecule has 1 saturated heterocycles. The maximum Gasteiger partial charge on any atom is 0.338 e. The van der Waals surface area contributed by atoms with Gasteiger partial charge in [-0.15, -0.1) is 0 Å². The summed E-state index contributed by atoms with van der Waals surface area (Å²) in [7, 11) is 0. The van der Waals surface area contributed by atoms with Gasteiger partial charge in [0.05, 0.1) is 29.7 Å². The van der Waals surface area contributed by atoms with Gasteiger partial charge in [-0.1, -0.05) is 29.2 Å². The number of ether oxygens (including phenoxy) is 3. The number of nitrogens with zero attached hydrogens (tertiary/aromatic N) is 1. The summed E-state index contributed by atoms with van der Waals surface area (Å²) in [6.07, 6.45) is 0. The Morgan fingerprint density at radius 2 is 1.73 bits per heavy atom. The van der Waals surface area contributed by atoms with Gasteiger partial charge in [0, 0.05) is 16.5 Å². The SMILES string of the molecule is CCOC(=O)c1ccc(NC(=O)COc2ccc([C@@H]3c4sc(=O)[nH]c4SC4C(=O)N(CC(=O)O)C(=O)C43)cc2OCC)cc1. The van der Waals surface area contributed by atoms with Crippen molar-refractivity contribution < 1.29 is 43.3 Å². The highest BCUT2D eigenvalue weighted by atomic mass is 32.2. The lowest BCUT2D eigenvalue weighted by Crippen LogP contribution is -2.36. The first-order chi connectivity index (χ1) is 21.1. The number of hydrogen-bond donors (Lipinski definition) is 3. The number of carbonyl (C=O) groups excluding carboxylic acids is 4. The molecule has 0 aliphatic carbocycles. The number of aliphatic carboxylic acids is 1. The minimum absolute atomic E-state index is 0.244. The Labute approximate surface area is 258 Å². The number of rotatable bonds is 11. The van der Waals surface area contributed by atoms with Crippen molar-refractivity contribution in [1.82, 2.24) is 9.88 Å². The highest BCUT2D eigenvalue weighted by molar-refractivity contribution is 8.00. The molecule has 2 aliphatic rings. The Kier molecular flexibility index (Phi) is 9.06. The molecular weight excluding hydrogens is 614 g/mol. The van der Waals surface area contributed by atoms with Crippen LogP contribution in [0.2, 0.25) is 0 Å². The van der Waals surface area contributed by atoms with Crippen LogP contribution < -0.4 is 19.7 Å². The fraction of sp³-hybridized carbons (Fsp3) is 0.310. The van der Waals surface area contributed by atoms with Crippen LogP contribution in [0.1, 0.15) is 40.6 Å². The normalized spacial score (nSPS) is 18.8. The number of fused-ring (bicyclic) bond motifs is 2.